The van der Waals surface area contributed by atoms with Crippen molar-refractivity contribution in [2.75, 3.05) is 0 Å². The maximum atomic E-state index is 13.6. The number of aromatic carboxylic acids is 1. The van der Waals surface area contributed by atoms with Crippen LogP contribution in [0.3, 0.4) is 0 Å². The monoisotopic (exact) mass is 638 g/mol. The highest BCUT2D eigenvalue weighted by atomic mass is 19.4. The SMILES string of the molecule is CCCCCCCCCc1ccc(-c2ccc(C(=O)O)cc2-c2ccc(C(=O)OC(CCCCCCCC)C(F)(F)F)cc2)cc1. The molecule has 0 aliphatic rings. The summed E-state index contributed by atoms with van der Waals surface area (Å²) < 4.78 is 45.9. The zero-order valence-corrected chi connectivity index (χ0v) is 27.3. The van der Waals surface area contributed by atoms with Crippen molar-refractivity contribution in [1.29, 1.82) is 0 Å². The van der Waals surface area contributed by atoms with Crippen LogP contribution in [0.25, 0.3) is 22.3 Å². The molecular weight excluding hydrogens is 589 g/mol. The van der Waals surface area contributed by atoms with Gasteiger partial charge in [0.15, 0.2) is 6.10 Å². The average molecular weight is 639 g/mol. The van der Waals surface area contributed by atoms with E-state index in [0.717, 1.165) is 49.7 Å². The second kappa shape index (κ2) is 19.1. The second-order valence-corrected chi connectivity index (χ2v) is 12.2. The highest BCUT2D eigenvalue weighted by Gasteiger charge is 2.42. The van der Waals surface area contributed by atoms with Gasteiger partial charge in [-0.05, 0) is 77.8 Å². The van der Waals surface area contributed by atoms with Crippen LogP contribution in [0.2, 0.25) is 0 Å². The van der Waals surface area contributed by atoms with Crippen LogP contribution >= 0.6 is 0 Å². The average Bonchev–Trinajstić information content (AvgIpc) is 3.05. The van der Waals surface area contributed by atoms with Gasteiger partial charge in [0, 0.05) is 0 Å². The van der Waals surface area contributed by atoms with Crippen molar-refractivity contribution in [2.24, 2.45) is 0 Å². The zero-order valence-electron chi connectivity index (χ0n) is 27.3. The van der Waals surface area contributed by atoms with Crippen LogP contribution in [0.1, 0.15) is 130 Å². The Labute approximate surface area is 272 Å². The molecular formula is C39H49F3O4. The predicted molar refractivity (Wildman–Crippen MR) is 179 cm³/mol. The quantitative estimate of drug-likeness (QED) is 0.0988. The van der Waals surface area contributed by atoms with E-state index in [9.17, 15) is 27.9 Å². The number of benzene rings is 3. The lowest BCUT2D eigenvalue weighted by atomic mass is 9.91. The maximum absolute atomic E-state index is 13.6. The van der Waals surface area contributed by atoms with Crippen molar-refractivity contribution in [2.45, 2.75) is 122 Å². The van der Waals surface area contributed by atoms with Gasteiger partial charge in [-0.1, -0.05) is 127 Å². The van der Waals surface area contributed by atoms with E-state index in [-0.39, 0.29) is 17.5 Å². The van der Waals surface area contributed by atoms with E-state index in [1.54, 1.807) is 30.3 Å². The van der Waals surface area contributed by atoms with Gasteiger partial charge in [-0.25, -0.2) is 9.59 Å². The largest absolute Gasteiger partial charge is 0.478 e. The summed E-state index contributed by atoms with van der Waals surface area (Å²) >= 11 is 0. The molecule has 0 radical (unpaired) electrons. The van der Waals surface area contributed by atoms with E-state index in [2.05, 4.69) is 26.0 Å². The molecule has 4 nitrogen and oxygen atoms in total. The summed E-state index contributed by atoms with van der Waals surface area (Å²) in [5, 5.41) is 9.65. The zero-order chi connectivity index (χ0) is 33.4. The first-order valence-corrected chi connectivity index (χ1v) is 17.0. The van der Waals surface area contributed by atoms with Gasteiger partial charge in [0.1, 0.15) is 0 Å². The minimum absolute atomic E-state index is 0.00611. The number of carboxylic acids is 1. The van der Waals surface area contributed by atoms with E-state index in [1.807, 2.05) is 12.1 Å². The first-order chi connectivity index (χ1) is 22.1. The van der Waals surface area contributed by atoms with Crippen molar-refractivity contribution in [1.82, 2.24) is 0 Å². The lowest BCUT2D eigenvalue weighted by Crippen LogP contribution is -2.33. The Bertz CT molecular complexity index is 1350. The molecule has 0 bridgehead atoms. The van der Waals surface area contributed by atoms with Gasteiger partial charge in [0.2, 0.25) is 0 Å². The van der Waals surface area contributed by atoms with E-state index in [0.29, 0.717) is 24.0 Å². The Morgan fingerprint density at radius 2 is 1.15 bits per heavy atom. The third-order valence-electron chi connectivity index (χ3n) is 8.47. The van der Waals surface area contributed by atoms with Crippen LogP contribution in [0, 0.1) is 0 Å². The van der Waals surface area contributed by atoms with Crippen LogP contribution in [-0.2, 0) is 11.2 Å². The van der Waals surface area contributed by atoms with Crippen molar-refractivity contribution in [3.63, 3.8) is 0 Å². The lowest BCUT2D eigenvalue weighted by Gasteiger charge is -2.21. The minimum Gasteiger partial charge on any atom is -0.478 e. The molecule has 250 valence electrons. The first-order valence-electron chi connectivity index (χ1n) is 17.0. The Morgan fingerprint density at radius 1 is 0.652 bits per heavy atom. The van der Waals surface area contributed by atoms with Crippen LogP contribution in [-0.4, -0.2) is 29.3 Å². The van der Waals surface area contributed by atoms with Gasteiger partial charge in [-0.3, -0.25) is 0 Å². The molecule has 46 heavy (non-hydrogen) atoms. The number of halogens is 3. The summed E-state index contributed by atoms with van der Waals surface area (Å²) in [4.78, 5) is 24.5. The molecule has 0 saturated carbocycles. The highest BCUT2D eigenvalue weighted by Crippen LogP contribution is 2.34. The molecule has 1 N–H and O–H groups in total. The fraction of sp³-hybridized carbons (Fsp3) is 0.487. The number of alkyl halides is 3. The van der Waals surface area contributed by atoms with Gasteiger partial charge in [0.25, 0.3) is 0 Å². The van der Waals surface area contributed by atoms with E-state index < -0.39 is 24.2 Å². The number of rotatable bonds is 20. The van der Waals surface area contributed by atoms with Crippen molar-refractivity contribution < 1.29 is 32.6 Å². The summed E-state index contributed by atoms with van der Waals surface area (Å²) in [7, 11) is 0. The summed E-state index contributed by atoms with van der Waals surface area (Å²) in [6.07, 6.45) is 7.67. The fourth-order valence-corrected chi connectivity index (χ4v) is 5.69. The number of ether oxygens (including phenoxy) is 1. The molecule has 0 amide bonds. The molecule has 0 saturated heterocycles. The Hall–Kier alpha value is -3.61. The lowest BCUT2D eigenvalue weighted by molar-refractivity contribution is -0.206. The number of unbranched alkanes of at least 4 members (excludes halogenated alkanes) is 11. The number of carbonyl (C=O) groups is 2. The van der Waals surface area contributed by atoms with Gasteiger partial charge in [-0.2, -0.15) is 13.2 Å². The Balaban J connectivity index is 1.71. The van der Waals surface area contributed by atoms with Gasteiger partial charge in [-0.15, -0.1) is 0 Å². The van der Waals surface area contributed by atoms with Crippen molar-refractivity contribution in [3.8, 4) is 22.3 Å². The molecule has 0 aromatic heterocycles. The molecule has 3 rings (SSSR count). The number of hydrogen-bond acceptors (Lipinski definition) is 3. The van der Waals surface area contributed by atoms with Gasteiger partial charge < -0.3 is 9.84 Å². The summed E-state index contributed by atoms with van der Waals surface area (Å²) in [6, 6.07) is 19.3. The number of carboxylic acid groups (broad SMARTS) is 1. The van der Waals surface area contributed by atoms with E-state index in [1.165, 1.54) is 56.2 Å². The normalized spacial score (nSPS) is 12.2. The van der Waals surface area contributed by atoms with E-state index >= 15 is 0 Å². The number of hydrogen-bond donors (Lipinski definition) is 1. The van der Waals surface area contributed by atoms with Crippen LogP contribution < -0.4 is 0 Å². The first kappa shape index (κ1) is 36.9. The van der Waals surface area contributed by atoms with Crippen molar-refractivity contribution >= 4 is 11.9 Å². The molecule has 3 aromatic carbocycles. The Morgan fingerprint density at radius 3 is 1.72 bits per heavy atom. The summed E-state index contributed by atoms with van der Waals surface area (Å²) in [5.41, 5.74) is 4.39. The van der Waals surface area contributed by atoms with Crippen LogP contribution in [0.15, 0.2) is 66.7 Å². The number of esters is 1. The summed E-state index contributed by atoms with van der Waals surface area (Å²) in [5.74, 6) is -2.10. The fourth-order valence-electron chi connectivity index (χ4n) is 5.69. The molecule has 0 heterocycles. The minimum atomic E-state index is -4.64. The van der Waals surface area contributed by atoms with Gasteiger partial charge >= 0.3 is 18.1 Å². The topological polar surface area (TPSA) is 63.6 Å². The third-order valence-corrected chi connectivity index (χ3v) is 8.47. The van der Waals surface area contributed by atoms with Crippen molar-refractivity contribution in [3.05, 3.63) is 83.4 Å². The molecule has 1 unspecified atom stereocenters. The van der Waals surface area contributed by atoms with Crippen LogP contribution in [0.4, 0.5) is 13.2 Å². The standard InChI is InChI=1S/C39H49F3O4/c1-3-5-7-9-11-12-14-16-29-18-20-30(21-19-29)34-27-26-33(37(43)44)28-35(34)31-22-24-32(25-23-31)38(45)46-36(39(40,41)42)17-15-13-10-8-6-4-2/h18-28,36H,3-17H2,1-2H3,(H,43,44). The number of aryl methyl sites for hydroxylation is 1. The summed E-state index contributed by atoms with van der Waals surface area (Å²) in [6.45, 7) is 4.30. The predicted octanol–water partition coefficient (Wildman–Crippen LogP) is 11.9. The molecule has 1 atom stereocenters. The second-order valence-electron chi connectivity index (χ2n) is 12.2. The molecule has 0 aliphatic carbocycles. The molecule has 3 aromatic rings. The van der Waals surface area contributed by atoms with Crippen LogP contribution in [0.5, 0.6) is 0 Å². The molecule has 7 heteroatoms. The van der Waals surface area contributed by atoms with Gasteiger partial charge in [0.05, 0.1) is 11.1 Å². The molecule has 0 aliphatic heterocycles. The molecule has 0 spiro atoms. The Kier molecular flexibility index (Phi) is 15.3. The van der Waals surface area contributed by atoms with E-state index in [4.69, 9.17) is 4.74 Å². The maximum Gasteiger partial charge on any atom is 0.425 e. The third kappa shape index (κ3) is 12.0. The highest BCUT2D eigenvalue weighted by molar-refractivity contribution is 5.94. The number of carbonyl (C=O) groups excluding carboxylic acids is 1. The smallest absolute Gasteiger partial charge is 0.425 e. The molecule has 0 fully saturated rings.